The Kier molecular flexibility index (Phi) is 8.24. The first kappa shape index (κ1) is 22.7. The SMILES string of the molecule is CSC1OC(CO)C(O)C(OC2OC(CO)C(O)C(O)C2O)C1NC(C)=O. The van der Waals surface area contributed by atoms with Crippen LogP contribution in [0.2, 0.25) is 0 Å². The van der Waals surface area contributed by atoms with E-state index in [0.717, 1.165) is 0 Å². The maximum absolute atomic E-state index is 11.6. The van der Waals surface area contributed by atoms with Gasteiger partial charge in [0.15, 0.2) is 6.29 Å². The summed E-state index contributed by atoms with van der Waals surface area (Å²) in [5.74, 6) is -0.417. The molecule has 0 radical (unpaired) electrons. The summed E-state index contributed by atoms with van der Waals surface area (Å²) in [6.07, 6.45) is -9.43. The van der Waals surface area contributed by atoms with Crippen LogP contribution >= 0.6 is 11.8 Å². The normalized spacial score (nSPS) is 45.5. The van der Waals surface area contributed by atoms with Gasteiger partial charge in [-0.15, -0.1) is 11.8 Å². The number of aliphatic hydroxyl groups excluding tert-OH is 6. The van der Waals surface area contributed by atoms with Crippen molar-refractivity contribution >= 4 is 17.7 Å². The first-order chi connectivity index (χ1) is 12.7. The molecular formula is C15H27NO10S. The summed E-state index contributed by atoms with van der Waals surface area (Å²) in [5, 5.41) is 61.8. The van der Waals surface area contributed by atoms with E-state index in [1.165, 1.54) is 18.7 Å². The number of aliphatic hydroxyl groups is 6. The molecule has 2 heterocycles. The second kappa shape index (κ2) is 9.78. The lowest BCUT2D eigenvalue weighted by Gasteiger charge is -2.47. The van der Waals surface area contributed by atoms with Crippen molar-refractivity contribution in [1.29, 1.82) is 0 Å². The molecule has 2 fully saturated rings. The highest BCUT2D eigenvalue weighted by atomic mass is 32.2. The highest BCUT2D eigenvalue weighted by Crippen LogP contribution is 2.32. The van der Waals surface area contributed by atoms with Crippen LogP contribution in [0.4, 0.5) is 0 Å². The quantitative estimate of drug-likeness (QED) is 0.226. The molecule has 2 rings (SSSR count). The number of thioether (sulfide) groups is 1. The van der Waals surface area contributed by atoms with Gasteiger partial charge in [0.1, 0.15) is 48.2 Å². The first-order valence-electron chi connectivity index (χ1n) is 8.45. The molecule has 10 atom stereocenters. The van der Waals surface area contributed by atoms with Crippen molar-refractivity contribution in [2.24, 2.45) is 0 Å². The molecule has 0 aromatic heterocycles. The van der Waals surface area contributed by atoms with E-state index >= 15 is 0 Å². The third-order valence-corrected chi connectivity index (χ3v) is 5.46. The van der Waals surface area contributed by atoms with E-state index in [2.05, 4.69) is 5.32 Å². The van der Waals surface area contributed by atoms with Crippen LogP contribution in [0.1, 0.15) is 6.92 Å². The number of ether oxygens (including phenoxy) is 3. The third kappa shape index (κ3) is 4.90. The number of hydrogen-bond acceptors (Lipinski definition) is 11. The van der Waals surface area contributed by atoms with Gasteiger partial charge in [0.25, 0.3) is 0 Å². The van der Waals surface area contributed by atoms with Gasteiger partial charge in [-0.3, -0.25) is 4.79 Å². The maximum Gasteiger partial charge on any atom is 0.217 e. The van der Waals surface area contributed by atoms with E-state index in [1.807, 2.05) is 0 Å². The predicted octanol–water partition coefficient (Wildman–Crippen LogP) is -3.88. The second-order valence-corrected chi connectivity index (χ2v) is 7.41. The van der Waals surface area contributed by atoms with E-state index in [1.54, 1.807) is 6.26 Å². The van der Waals surface area contributed by atoms with Crippen molar-refractivity contribution in [2.75, 3.05) is 19.5 Å². The van der Waals surface area contributed by atoms with Crippen LogP contribution in [0.5, 0.6) is 0 Å². The van der Waals surface area contributed by atoms with Crippen LogP contribution < -0.4 is 5.32 Å². The van der Waals surface area contributed by atoms with Gasteiger partial charge in [-0.25, -0.2) is 0 Å². The number of carbonyl (C=O) groups excluding carboxylic acids is 1. The van der Waals surface area contributed by atoms with Crippen molar-refractivity contribution in [1.82, 2.24) is 5.32 Å². The summed E-state index contributed by atoms with van der Waals surface area (Å²) >= 11 is 1.22. The minimum Gasteiger partial charge on any atom is -0.394 e. The van der Waals surface area contributed by atoms with Crippen LogP contribution in [0, 0.1) is 0 Å². The molecule has 158 valence electrons. The minimum absolute atomic E-state index is 0.417. The average molecular weight is 413 g/mol. The van der Waals surface area contributed by atoms with E-state index in [0.29, 0.717) is 0 Å². The Hall–Kier alpha value is -0.540. The van der Waals surface area contributed by atoms with Crippen molar-refractivity contribution in [3.63, 3.8) is 0 Å². The maximum atomic E-state index is 11.6. The van der Waals surface area contributed by atoms with Crippen molar-refractivity contribution in [3.8, 4) is 0 Å². The summed E-state index contributed by atoms with van der Waals surface area (Å²) in [4.78, 5) is 11.6. The molecule has 2 saturated heterocycles. The van der Waals surface area contributed by atoms with Crippen LogP contribution in [-0.2, 0) is 19.0 Å². The number of carbonyl (C=O) groups is 1. The molecule has 0 aromatic rings. The summed E-state index contributed by atoms with van der Waals surface area (Å²) in [6.45, 7) is 0.120. The molecule has 27 heavy (non-hydrogen) atoms. The average Bonchev–Trinajstić information content (AvgIpc) is 2.64. The Morgan fingerprint density at radius 1 is 1.00 bits per heavy atom. The van der Waals surface area contributed by atoms with Crippen LogP contribution in [-0.4, -0.2) is 117 Å². The highest BCUT2D eigenvalue weighted by Gasteiger charge is 2.50. The smallest absolute Gasteiger partial charge is 0.217 e. The molecule has 0 bridgehead atoms. The fraction of sp³-hybridized carbons (Fsp3) is 0.933. The van der Waals surface area contributed by atoms with E-state index in [9.17, 15) is 35.4 Å². The summed E-state index contributed by atoms with van der Waals surface area (Å²) in [5.41, 5.74) is -0.677. The monoisotopic (exact) mass is 413 g/mol. The molecule has 7 N–H and O–H groups in total. The van der Waals surface area contributed by atoms with E-state index in [4.69, 9.17) is 14.2 Å². The van der Waals surface area contributed by atoms with Gasteiger partial charge in [0.2, 0.25) is 5.91 Å². The second-order valence-electron chi connectivity index (χ2n) is 6.48. The molecule has 11 nitrogen and oxygen atoms in total. The summed E-state index contributed by atoms with van der Waals surface area (Å²) in [6, 6.07) is -0.859. The molecule has 0 aliphatic carbocycles. The Morgan fingerprint density at radius 2 is 1.59 bits per heavy atom. The van der Waals surface area contributed by atoms with Gasteiger partial charge in [-0.1, -0.05) is 0 Å². The van der Waals surface area contributed by atoms with Crippen molar-refractivity contribution in [3.05, 3.63) is 0 Å². The molecule has 0 aromatic carbocycles. The van der Waals surface area contributed by atoms with Crippen molar-refractivity contribution < 1.29 is 49.6 Å². The molecule has 2 aliphatic rings. The fourth-order valence-electron chi connectivity index (χ4n) is 3.15. The zero-order chi connectivity index (χ0) is 20.3. The molecule has 0 saturated carbocycles. The number of nitrogens with one attached hydrogen (secondary N) is 1. The molecule has 10 unspecified atom stereocenters. The molecule has 12 heteroatoms. The molecule has 1 amide bonds. The Balaban J connectivity index is 2.25. The van der Waals surface area contributed by atoms with E-state index < -0.39 is 79.6 Å². The van der Waals surface area contributed by atoms with Gasteiger partial charge in [-0.05, 0) is 6.26 Å². The lowest BCUT2D eigenvalue weighted by Crippen LogP contribution is -2.67. The fourth-order valence-corrected chi connectivity index (χ4v) is 3.92. The third-order valence-electron chi connectivity index (χ3n) is 4.60. The van der Waals surface area contributed by atoms with Gasteiger partial charge in [0, 0.05) is 6.92 Å². The lowest BCUT2D eigenvalue weighted by molar-refractivity contribution is -0.329. The van der Waals surface area contributed by atoms with Crippen LogP contribution in [0.25, 0.3) is 0 Å². The van der Waals surface area contributed by atoms with Crippen LogP contribution in [0.15, 0.2) is 0 Å². The zero-order valence-corrected chi connectivity index (χ0v) is 15.7. The Morgan fingerprint density at radius 3 is 2.11 bits per heavy atom. The molecular weight excluding hydrogens is 386 g/mol. The standard InChI is InChI=1S/C15H27NO10S/c1-5(19)16-8-13(10(21)7(4-18)25-15(8)27-2)26-14-12(23)11(22)9(20)6(3-17)24-14/h6-15,17-18,20-23H,3-4H2,1-2H3,(H,16,19). The predicted molar refractivity (Wildman–Crippen MR) is 91.5 cm³/mol. The Bertz CT molecular complexity index is 497. The zero-order valence-electron chi connectivity index (χ0n) is 14.9. The van der Waals surface area contributed by atoms with Crippen LogP contribution in [0.3, 0.4) is 0 Å². The largest absolute Gasteiger partial charge is 0.394 e. The topological polar surface area (TPSA) is 178 Å². The first-order valence-corrected chi connectivity index (χ1v) is 9.74. The molecule has 0 spiro atoms. The Labute approximate surface area is 160 Å². The minimum atomic E-state index is -1.67. The van der Waals surface area contributed by atoms with Crippen molar-refractivity contribution in [2.45, 2.75) is 67.4 Å². The lowest BCUT2D eigenvalue weighted by atomic mass is 9.96. The number of rotatable bonds is 6. The van der Waals surface area contributed by atoms with Gasteiger partial charge < -0.3 is 50.2 Å². The number of hydrogen-bond donors (Lipinski definition) is 7. The van der Waals surface area contributed by atoms with Gasteiger partial charge >= 0.3 is 0 Å². The summed E-state index contributed by atoms with van der Waals surface area (Å²) < 4.78 is 16.5. The summed E-state index contributed by atoms with van der Waals surface area (Å²) in [7, 11) is 0. The molecule has 2 aliphatic heterocycles. The van der Waals surface area contributed by atoms with Gasteiger partial charge in [0.05, 0.1) is 19.3 Å². The van der Waals surface area contributed by atoms with E-state index in [-0.39, 0.29) is 0 Å². The van der Waals surface area contributed by atoms with Gasteiger partial charge in [-0.2, -0.15) is 0 Å². The number of amides is 1. The highest BCUT2D eigenvalue weighted by molar-refractivity contribution is 7.99.